The zero-order chi connectivity index (χ0) is 9.14. The number of carbonyl (C=O) groups excluding carboxylic acids is 1. The molecule has 0 amide bonds. The minimum atomic E-state index is -0.862. The van der Waals surface area contributed by atoms with Crippen molar-refractivity contribution in [3.63, 3.8) is 0 Å². The quantitative estimate of drug-likeness (QED) is 0.631. The largest absolute Gasteiger partial charge is 0.481 e. The molecule has 0 aliphatic heterocycles. The van der Waals surface area contributed by atoms with Crippen LogP contribution in [-0.4, -0.2) is 16.9 Å². The number of hydrogen-bond acceptors (Lipinski definition) is 2. The third-order valence-electron chi connectivity index (χ3n) is 2.27. The van der Waals surface area contributed by atoms with Crippen LogP contribution in [0.2, 0.25) is 0 Å². The van der Waals surface area contributed by atoms with Gasteiger partial charge in [0.25, 0.3) is 0 Å². The molecule has 0 bridgehead atoms. The highest BCUT2D eigenvalue weighted by Gasteiger charge is 2.31. The Bertz CT molecular complexity index is 206. The fourth-order valence-electron chi connectivity index (χ4n) is 1.54. The molecule has 1 aliphatic carbocycles. The number of hydrogen-bond donors (Lipinski definition) is 1. The van der Waals surface area contributed by atoms with Gasteiger partial charge in [-0.05, 0) is 19.8 Å². The number of ketones is 1. The Morgan fingerprint density at radius 2 is 1.75 bits per heavy atom. The van der Waals surface area contributed by atoms with Gasteiger partial charge in [-0.15, -0.1) is 0 Å². The van der Waals surface area contributed by atoms with E-state index in [1.54, 1.807) is 0 Å². The first kappa shape index (κ1) is 8.97. The lowest BCUT2D eigenvalue weighted by molar-refractivity contribution is -0.146. The van der Waals surface area contributed by atoms with Gasteiger partial charge in [-0.2, -0.15) is 0 Å². The van der Waals surface area contributed by atoms with E-state index in [1.165, 1.54) is 6.92 Å². The molecule has 0 aromatic rings. The maximum absolute atomic E-state index is 11.0. The predicted octanol–water partition coefficient (Wildman–Crippen LogP) is 1.24. The minimum Gasteiger partial charge on any atom is -0.481 e. The van der Waals surface area contributed by atoms with Crippen molar-refractivity contribution in [2.24, 2.45) is 11.8 Å². The lowest BCUT2D eigenvalue weighted by Crippen LogP contribution is -2.29. The molecule has 1 N–H and O–H groups in total. The van der Waals surface area contributed by atoms with Crippen molar-refractivity contribution in [3.05, 3.63) is 12.2 Å². The monoisotopic (exact) mass is 168 g/mol. The van der Waals surface area contributed by atoms with E-state index in [1.807, 2.05) is 12.2 Å². The maximum Gasteiger partial charge on any atom is 0.307 e. The molecule has 0 radical (unpaired) electrons. The van der Waals surface area contributed by atoms with Crippen LogP contribution in [0, 0.1) is 11.8 Å². The summed E-state index contributed by atoms with van der Waals surface area (Å²) >= 11 is 0. The van der Waals surface area contributed by atoms with Crippen molar-refractivity contribution in [2.75, 3.05) is 0 Å². The van der Waals surface area contributed by atoms with E-state index in [-0.39, 0.29) is 11.7 Å². The molecule has 0 unspecified atom stereocenters. The lowest BCUT2D eigenvalue weighted by atomic mass is 9.81. The molecule has 0 heterocycles. The van der Waals surface area contributed by atoms with Crippen LogP contribution in [0.5, 0.6) is 0 Å². The molecule has 0 saturated heterocycles. The number of carboxylic acids is 1. The van der Waals surface area contributed by atoms with Gasteiger partial charge in [0.05, 0.1) is 5.92 Å². The van der Waals surface area contributed by atoms with Gasteiger partial charge in [0.15, 0.2) is 0 Å². The molecule has 1 rings (SSSR count). The average Bonchev–Trinajstić information content (AvgIpc) is 2.04. The Morgan fingerprint density at radius 1 is 1.25 bits per heavy atom. The highest BCUT2D eigenvalue weighted by atomic mass is 16.4. The summed E-state index contributed by atoms with van der Waals surface area (Å²) in [5, 5.41) is 8.77. The summed E-state index contributed by atoms with van der Waals surface area (Å²) in [5.41, 5.74) is 0. The summed E-state index contributed by atoms with van der Waals surface area (Å²) in [4.78, 5) is 21.7. The fourth-order valence-corrected chi connectivity index (χ4v) is 1.54. The van der Waals surface area contributed by atoms with E-state index >= 15 is 0 Å². The minimum absolute atomic E-state index is 0.0215. The zero-order valence-corrected chi connectivity index (χ0v) is 6.99. The van der Waals surface area contributed by atoms with Gasteiger partial charge in [-0.25, -0.2) is 0 Å². The van der Waals surface area contributed by atoms with E-state index < -0.39 is 11.9 Å². The number of carbonyl (C=O) groups is 2. The fraction of sp³-hybridized carbons (Fsp3) is 0.556. The Morgan fingerprint density at radius 3 is 2.08 bits per heavy atom. The maximum atomic E-state index is 11.0. The molecule has 0 aromatic heterocycles. The van der Waals surface area contributed by atoms with Gasteiger partial charge < -0.3 is 5.11 Å². The Labute approximate surface area is 71.1 Å². The Hall–Kier alpha value is -1.12. The Balaban J connectivity index is 2.76. The van der Waals surface area contributed by atoms with Crippen LogP contribution in [0.25, 0.3) is 0 Å². The summed E-state index contributed by atoms with van der Waals surface area (Å²) < 4.78 is 0. The molecular formula is C9H12O3. The van der Waals surface area contributed by atoms with Gasteiger partial charge in [-0.3, -0.25) is 9.59 Å². The van der Waals surface area contributed by atoms with Gasteiger partial charge in [0.1, 0.15) is 5.78 Å². The number of allylic oxidation sites excluding steroid dienone is 2. The average molecular weight is 168 g/mol. The third kappa shape index (κ3) is 1.72. The summed E-state index contributed by atoms with van der Waals surface area (Å²) in [5.74, 6) is -1.70. The number of carboxylic acid groups (broad SMARTS) is 1. The van der Waals surface area contributed by atoms with Crippen molar-refractivity contribution < 1.29 is 14.7 Å². The van der Waals surface area contributed by atoms with Crippen molar-refractivity contribution in [3.8, 4) is 0 Å². The summed E-state index contributed by atoms with van der Waals surface area (Å²) in [6, 6.07) is 0. The van der Waals surface area contributed by atoms with Crippen molar-refractivity contribution >= 4 is 11.8 Å². The topological polar surface area (TPSA) is 54.4 Å². The van der Waals surface area contributed by atoms with E-state index in [0.29, 0.717) is 12.8 Å². The SMILES string of the molecule is CC(=O)[C@@H]1CC=CC[C@@H]1C(=O)O. The van der Waals surface area contributed by atoms with Crippen molar-refractivity contribution in [2.45, 2.75) is 19.8 Å². The number of rotatable bonds is 2. The first-order valence-electron chi connectivity index (χ1n) is 4.01. The highest BCUT2D eigenvalue weighted by molar-refractivity contribution is 5.85. The van der Waals surface area contributed by atoms with Crippen LogP contribution >= 0.6 is 0 Å². The molecule has 0 spiro atoms. The molecule has 66 valence electrons. The molecule has 2 atom stereocenters. The van der Waals surface area contributed by atoms with E-state index in [2.05, 4.69) is 0 Å². The number of aliphatic carboxylic acids is 1. The summed E-state index contributed by atoms with van der Waals surface area (Å²) in [6.07, 6.45) is 4.77. The van der Waals surface area contributed by atoms with Crippen LogP contribution in [-0.2, 0) is 9.59 Å². The van der Waals surface area contributed by atoms with Gasteiger partial charge in [0, 0.05) is 5.92 Å². The molecule has 3 nitrogen and oxygen atoms in total. The van der Waals surface area contributed by atoms with Crippen LogP contribution in [0.1, 0.15) is 19.8 Å². The molecule has 1 aliphatic rings. The predicted molar refractivity (Wildman–Crippen MR) is 43.7 cm³/mol. The lowest BCUT2D eigenvalue weighted by Gasteiger charge is -2.22. The molecule has 3 heteroatoms. The summed E-state index contributed by atoms with van der Waals surface area (Å²) in [7, 11) is 0. The molecule has 0 saturated carbocycles. The molecule has 0 fully saturated rings. The van der Waals surface area contributed by atoms with Gasteiger partial charge in [0.2, 0.25) is 0 Å². The van der Waals surface area contributed by atoms with Gasteiger partial charge >= 0.3 is 5.97 Å². The highest BCUT2D eigenvalue weighted by Crippen LogP contribution is 2.26. The van der Waals surface area contributed by atoms with Crippen LogP contribution < -0.4 is 0 Å². The molecule has 0 aromatic carbocycles. The van der Waals surface area contributed by atoms with Crippen molar-refractivity contribution in [1.82, 2.24) is 0 Å². The van der Waals surface area contributed by atoms with Gasteiger partial charge in [-0.1, -0.05) is 12.2 Å². The first-order valence-corrected chi connectivity index (χ1v) is 4.01. The smallest absolute Gasteiger partial charge is 0.307 e. The van der Waals surface area contributed by atoms with E-state index in [9.17, 15) is 9.59 Å². The van der Waals surface area contributed by atoms with E-state index in [0.717, 1.165) is 0 Å². The first-order chi connectivity index (χ1) is 5.63. The zero-order valence-electron chi connectivity index (χ0n) is 6.99. The van der Waals surface area contributed by atoms with Crippen LogP contribution in [0.15, 0.2) is 12.2 Å². The number of Topliss-reactive ketones (excluding diaryl/α,β-unsaturated/α-hetero) is 1. The second-order valence-corrected chi connectivity index (χ2v) is 3.10. The van der Waals surface area contributed by atoms with Crippen LogP contribution in [0.4, 0.5) is 0 Å². The van der Waals surface area contributed by atoms with Crippen molar-refractivity contribution in [1.29, 1.82) is 0 Å². The molecule has 12 heavy (non-hydrogen) atoms. The molecular weight excluding hydrogens is 156 g/mol. The van der Waals surface area contributed by atoms with E-state index in [4.69, 9.17) is 5.11 Å². The third-order valence-corrected chi connectivity index (χ3v) is 2.27. The van der Waals surface area contributed by atoms with Crippen LogP contribution in [0.3, 0.4) is 0 Å². The summed E-state index contributed by atoms with van der Waals surface area (Å²) in [6.45, 7) is 1.46. The second kappa shape index (κ2) is 3.52. The Kier molecular flexibility index (Phi) is 2.63. The standard InChI is InChI=1S/C9H12O3/c1-6(10)7-4-2-3-5-8(7)9(11)12/h2-3,7-8H,4-5H2,1H3,(H,11,12)/t7-,8-/m0/s1. The second-order valence-electron chi connectivity index (χ2n) is 3.10. The normalized spacial score (nSPS) is 28.4.